The van der Waals surface area contributed by atoms with Gasteiger partial charge in [-0.05, 0) is 29.0 Å². The zero-order valence-electron chi connectivity index (χ0n) is 21.5. The van der Waals surface area contributed by atoms with Gasteiger partial charge in [0.1, 0.15) is 18.3 Å². The SMILES string of the molecule is CO[C@H]1OC(CC(C)C)[C@@H](OCc2ccccc2)C(OCc2ccccc2)C1OCc1ccccc1. The molecule has 1 aliphatic heterocycles. The Morgan fingerprint density at radius 3 is 1.44 bits per heavy atom. The average molecular weight is 491 g/mol. The lowest BCUT2D eigenvalue weighted by Crippen LogP contribution is -2.60. The number of hydrogen-bond acceptors (Lipinski definition) is 5. The Balaban J connectivity index is 1.60. The van der Waals surface area contributed by atoms with E-state index < -0.39 is 12.4 Å². The summed E-state index contributed by atoms with van der Waals surface area (Å²) in [4.78, 5) is 0. The number of benzene rings is 3. The van der Waals surface area contributed by atoms with E-state index in [-0.39, 0.29) is 18.3 Å². The van der Waals surface area contributed by atoms with Crippen molar-refractivity contribution in [3.63, 3.8) is 0 Å². The molecule has 36 heavy (non-hydrogen) atoms. The second kappa shape index (κ2) is 13.7. The lowest BCUT2D eigenvalue weighted by molar-refractivity contribution is -0.319. The lowest BCUT2D eigenvalue weighted by Gasteiger charge is -2.46. The Morgan fingerprint density at radius 2 is 1.03 bits per heavy atom. The number of hydrogen-bond donors (Lipinski definition) is 0. The van der Waals surface area contributed by atoms with Crippen LogP contribution >= 0.6 is 0 Å². The molecule has 1 saturated heterocycles. The molecule has 0 N–H and O–H groups in total. The molecule has 0 aliphatic carbocycles. The molecule has 3 aromatic rings. The van der Waals surface area contributed by atoms with Crippen molar-refractivity contribution in [3.05, 3.63) is 108 Å². The summed E-state index contributed by atoms with van der Waals surface area (Å²) in [5.74, 6) is 0.423. The molecular weight excluding hydrogens is 452 g/mol. The second-order valence-corrected chi connectivity index (χ2v) is 9.69. The predicted molar refractivity (Wildman–Crippen MR) is 140 cm³/mol. The van der Waals surface area contributed by atoms with Gasteiger partial charge in [-0.25, -0.2) is 0 Å². The molecule has 5 atom stereocenters. The van der Waals surface area contributed by atoms with E-state index in [4.69, 9.17) is 23.7 Å². The summed E-state index contributed by atoms with van der Waals surface area (Å²) in [5, 5.41) is 0. The summed E-state index contributed by atoms with van der Waals surface area (Å²) in [7, 11) is 1.66. The van der Waals surface area contributed by atoms with Crippen LogP contribution < -0.4 is 0 Å². The zero-order chi connectivity index (χ0) is 25.2. The van der Waals surface area contributed by atoms with E-state index in [0.717, 1.165) is 23.1 Å². The fourth-order valence-corrected chi connectivity index (χ4v) is 4.59. The van der Waals surface area contributed by atoms with Gasteiger partial charge in [0.2, 0.25) is 0 Å². The number of methoxy groups -OCH3 is 1. The summed E-state index contributed by atoms with van der Waals surface area (Å²) in [6, 6.07) is 30.5. The minimum absolute atomic E-state index is 0.184. The summed E-state index contributed by atoms with van der Waals surface area (Å²) >= 11 is 0. The molecule has 4 rings (SSSR count). The Kier molecular flexibility index (Phi) is 10.1. The van der Waals surface area contributed by atoms with Gasteiger partial charge in [-0.15, -0.1) is 0 Å². The molecule has 3 aromatic carbocycles. The average Bonchev–Trinajstić information content (AvgIpc) is 2.91. The van der Waals surface area contributed by atoms with E-state index in [1.807, 2.05) is 54.6 Å². The van der Waals surface area contributed by atoms with Crippen molar-refractivity contribution in [1.29, 1.82) is 0 Å². The molecule has 0 spiro atoms. The molecule has 1 heterocycles. The van der Waals surface area contributed by atoms with Crippen LogP contribution in [0, 0.1) is 5.92 Å². The van der Waals surface area contributed by atoms with E-state index >= 15 is 0 Å². The van der Waals surface area contributed by atoms with E-state index in [0.29, 0.717) is 25.7 Å². The molecule has 1 fully saturated rings. The van der Waals surface area contributed by atoms with E-state index in [1.54, 1.807) is 7.11 Å². The van der Waals surface area contributed by atoms with Crippen LogP contribution in [-0.4, -0.2) is 37.8 Å². The quantitative estimate of drug-likeness (QED) is 0.304. The molecule has 0 saturated carbocycles. The van der Waals surface area contributed by atoms with Crippen molar-refractivity contribution in [2.45, 2.75) is 70.8 Å². The molecule has 5 heteroatoms. The monoisotopic (exact) mass is 490 g/mol. The highest BCUT2D eigenvalue weighted by molar-refractivity contribution is 5.15. The van der Waals surface area contributed by atoms with Gasteiger partial charge in [-0.3, -0.25) is 0 Å². The maximum atomic E-state index is 6.61. The molecule has 192 valence electrons. The largest absolute Gasteiger partial charge is 0.368 e. The van der Waals surface area contributed by atoms with Crippen molar-refractivity contribution in [2.24, 2.45) is 5.92 Å². The van der Waals surface area contributed by atoms with Gasteiger partial charge in [-0.2, -0.15) is 0 Å². The maximum absolute atomic E-state index is 6.61. The first-order valence-electron chi connectivity index (χ1n) is 12.8. The third kappa shape index (κ3) is 7.48. The van der Waals surface area contributed by atoms with Crippen molar-refractivity contribution >= 4 is 0 Å². The Morgan fingerprint density at radius 1 is 0.611 bits per heavy atom. The lowest BCUT2D eigenvalue weighted by atomic mass is 9.92. The highest BCUT2D eigenvalue weighted by Gasteiger charge is 2.48. The van der Waals surface area contributed by atoms with Gasteiger partial charge in [0.05, 0.1) is 25.9 Å². The second-order valence-electron chi connectivity index (χ2n) is 9.69. The first-order chi connectivity index (χ1) is 17.6. The minimum Gasteiger partial charge on any atom is -0.368 e. The van der Waals surface area contributed by atoms with Crippen molar-refractivity contribution in [1.82, 2.24) is 0 Å². The smallest absolute Gasteiger partial charge is 0.186 e. The zero-order valence-corrected chi connectivity index (χ0v) is 21.5. The van der Waals surface area contributed by atoms with Crippen LogP contribution in [0.1, 0.15) is 37.0 Å². The van der Waals surface area contributed by atoms with Crippen LogP contribution in [0.25, 0.3) is 0 Å². The van der Waals surface area contributed by atoms with Crippen LogP contribution in [0.2, 0.25) is 0 Å². The predicted octanol–water partition coefficient (Wildman–Crippen LogP) is 6.16. The van der Waals surface area contributed by atoms with Gasteiger partial charge < -0.3 is 23.7 Å². The summed E-state index contributed by atoms with van der Waals surface area (Å²) in [5.41, 5.74) is 3.29. The van der Waals surface area contributed by atoms with Crippen LogP contribution in [0.15, 0.2) is 91.0 Å². The van der Waals surface area contributed by atoms with Gasteiger partial charge in [0.25, 0.3) is 0 Å². The number of rotatable bonds is 12. The minimum atomic E-state index is -0.560. The Bertz CT molecular complexity index is 995. The van der Waals surface area contributed by atoms with Crippen LogP contribution in [0.5, 0.6) is 0 Å². The third-order valence-corrected chi connectivity index (χ3v) is 6.38. The molecule has 0 aromatic heterocycles. The van der Waals surface area contributed by atoms with Crippen LogP contribution in [-0.2, 0) is 43.5 Å². The molecule has 0 amide bonds. The van der Waals surface area contributed by atoms with Crippen molar-refractivity contribution < 1.29 is 23.7 Å². The summed E-state index contributed by atoms with van der Waals surface area (Å²) in [6.45, 7) is 5.74. The molecule has 5 nitrogen and oxygen atoms in total. The van der Waals surface area contributed by atoms with Crippen molar-refractivity contribution in [2.75, 3.05) is 7.11 Å². The Hall–Kier alpha value is -2.54. The highest BCUT2D eigenvalue weighted by atomic mass is 16.7. The van der Waals surface area contributed by atoms with Gasteiger partial charge in [0.15, 0.2) is 6.29 Å². The van der Waals surface area contributed by atoms with E-state index in [2.05, 4.69) is 50.2 Å². The first-order valence-corrected chi connectivity index (χ1v) is 12.8. The summed E-state index contributed by atoms with van der Waals surface area (Å²) in [6.07, 6.45) is -1.06. The van der Waals surface area contributed by atoms with Gasteiger partial charge >= 0.3 is 0 Å². The molecule has 0 radical (unpaired) electrons. The van der Waals surface area contributed by atoms with Crippen molar-refractivity contribution in [3.8, 4) is 0 Å². The standard InChI is InChI=1S/C31H38O5/c1-23(2)19-27-28(33-20-24-13-7-4-8-14-24)29(34-21-25-15-9-5-10-16-25)30(31(32-3)36-27)35-22-26-17-11-6-12-18-26/h4-18,23,27-31H,19-22H2,1-3H3/t27?,28-,29?,30?,31+/m1/s1. The topological polar surface area (TPSA) is 46.2 Å². The normalized spacial score (nSPS) is 24.2. The molecule has 1 aliphatic rings. The molecule has 0 bridgehead atoms. The highest BCUT2D eigenvalue weighted by Crippen LogP contribution is 2.33. The van der Waals surface area contributed by atoms with Crippen LogP contribution in [0.4, 0.5) is 0 Å². The van der Waals surface area contributed by atoms with E-state index in [1.165, 1.54) is 0 Å². The number of ether oxygens (including phenoxy) is 5. The maximum Gasteiger partial charge on any atom is 0.186 e. The summed E-state index contributed by atoms with van der Waals surface area (Å²) < 4.78 is 31.9. The first kappa shape index (κ1) is 26.5. The van der Waals surface area contributed by atoms with Gasteiger partial charge in [-0.1, -0.05) is 105 Å². The van der Waals surface area contributed by atoms with E-state index in [9.17, 15) is 0 Å². The van der Waals surface area contributed by atoms with Crippen LogP contribution in [0.3, 0.4) is 0 Å². The van der Waals surface area contributed by atoms with Gasteiger partial charge in [0, 0.05) is 7.11 Å². The molecule has 3 unspecified atom stereocenters. The fraction of sp³-hybridized carbons (Fsp3) is 0.419. The third-order valence-electron chi connectivity index (χ3n) is 6.38. The fourth-order valence-electron chi connectivity index (χ4n) is 4.59. The Labute approximate surface area is 215 Å². The molecular formula is C31H38O5.